The van der Waals surface area contributed by atoms with E-state index >= 15 is 0 Å². The minimum atomic E-state index is -2.36. The molecule has 0 radical (unpaired) electrons. The lowest BCUT2D eigenvalue weighted by molar-refractivity contribution is -0.182. The van der Waals surface area contributed by atoms with Crippen molar-refractivity contribution in [3.63, 3.8) is 0 Å². The Morgan fingerprint density at radius 3 is 2.73 bits per heavy atom. The van der Waals surface area contributed by atoms with E-state index in [1.807, 2.05) is 19.9 Å². The normalized spacial score (nSPS) is 25.7. The number of hydrogen-bond donors (Lipinski definition) is 3. The first kappa shape index (κ1) is 20.6. The lowest BCUT2D eigenvalue weighted by Gasteiger charge is -2.28. The fourth-order valence-electron chi connectivity index (χ4n) is 3.19. The van der Waals surface area contributed by atoms with E-state index < -0.39 is 30.3 Å². The zero-order valence-electron chi connectivity index (χ0n) is 15.3. The molecule has 0 aromatic heterocycles. The molecule has 4 atom stereocenters. The molecule has 0 bridgehead atoms. The smallest absolute Gasteiger partial charge is 0.343 e. The summed E-state index contributed by atoms with van der Waals surface area (Å²) in [6.07, 6.45) is 2.22. The van der Waals surface area contributed by atoms with Crippen LogP contribution in [0, 0.1) is 0 Å². The van der Waals surface area contributed by atoms with Crippen molar-refractivity contribution >= 4 is 11.9 Å². The Hall–Kier alpha value is -1.74. The lowest BCUT2D eigenvalue weighted by Crippen LogP contribution is -2.52. The van der Waals surface area contributed by atoms with E-state index in [0.29, 0.717) is 13.0 Å². The highest BCUT2D eigenvalue weighted by atomic mass is 16.6. The number of allylic oxidation sites excluding steroid dienone is 1. The fourth-order valence-corrected chi connectivity index (χ4v) is 3.19. The van der Waals surface area contributed by atoms with Gasteiger partial charge in [-0.25, -0.2) is 9.59 Å². The average Bonchev–Trinajstić information content (AvgIpc) is 3.14. The molecule has 3 N–H and O–H groups in total. The SMILES string of the molecule is CC(C)=CC(=O)O[C@@H]1CCN2CC=C(COC(=O)[C@@](O)(CO)[C@H](C)O)[C@H]12. The van der Waals surface area contributed by atoms with Crippen LogP contribution < -0.4 is 0 Å². The minimum absolute atomic E-state index is 0.105. The number of aliphatic hydroxyl groups is 3. The van der Waals surface area contributed by atoms with Crippen molar-refractivity contribution in [1.82, 2.24) is 4.90 Å². The number of nitrogens with zero attached hydrogens (tertiary/aromatic N) is 1. The molecule has 1 fully saturated rings. The summed E-state index contributed by atoms with van der Waals surface area (Å²) >= 11 is 0. The van der Waals surface area contributed by atoms with Gasteiger partial charge in [-0.2, -0.15) is 0 Å². The molecule has 2 aliphatic heterocycles. The van der Waals surface area contributed by atoms with Crippen molar-refractivity contribution < 1.29 is 34.4 Å². The molecule has 0 saturated carbocycles. The van der Waals surface area contributed by atoms with Crippen LogP contribution in [-0.4, -0.2) is 82.3 Å². The molecule has 0 aromatic rings. The molecule has 0 aliphatic carbocycles. The number of carbonyl (C=O) groups is 2. The van der Waals surface area contributed by atoms with Crippen molar-refractivity contribution in [2.75, 3.05) is 26.3 Å². The standard InChI is InChI=1S/C18H27NO7/c1-11(2)8-15(22)26-14-5-7-19-6-4-13(16(14)19)9-25-17(23)18(24,10-20)12(3)21/h4,8,12,14,16,20-21,24H,5-7,9-10H2,1-3H3/t12-,14+,16+,18+/m0/s1. The Bertz CT molecular complexity index is 609. The van der Waals surface area contributed by atoms with Gasteiger partial charge in [-0.05, 0) is 32.8 Å². The molecule has 0 amide bonds. The summed E-state index contributed by atoms with van der Waals surface area (Å²) in [5, 5.41) is 28.7. The van der Waals surface area contributed by atoms with E-state index in [4.69, 9.17) is 9.47 Å². The number of hydrogen-bond acceptors (Lipinski definition) is 8. The van der Waals surface area contributed by atoms with Crippen molar-refractivity contribution in [3.05, 3.63) is 23.3 Å². The third kappa shape index (κ3) is 4.32. The van der Waals surface area contributed by atoms with Crippen LogP contribution in [0.2, 0.25) is 0 Å². The molecule has 2 rings (SSSR count). The molecule has 26 heavy (non-hydrogen) atoms. The van der Waals surface area contributed by atoms with Gasteiger partial charge in [-0.15, -0.1) is 0 Å². The topological polar surface area (TPSA) is 117 Å². The highest BCUT2D eigenvalue weighted by molar-refractivity contribution is 5.83. The first-order valence-corrected chi connectivity index (χ1v) is 8.66. The molecular weight excluding hydrogens is 342 g/mol. The van der Waals surface area contributed by atoms with E-state index in [-0.39, 0.29) is 18.8 Å². The first-order chi connectivity index (χ1) is 12.2. The summed E-state index contributed by atoms with van der Waals surface area (Å²) in [4.78, 5) is 26.1. The molecule has 2 aliphatic rings. The van der Waals surface area contributed by atoms with Crippen LogP contribution >= 0.6 is 0 Å². The van der Waals surface area contributed by atoms with Crippen molar-refractivity contribution in [2.45, 2.75) is 51.0 Å². The van der Waals surface area contributed by atoms with Crippen LogP contribution in [0.5, 0.6) is 0 Å². The van der Waals surface area contributed by atoms with Gasteiger partial charge in [0.05, 0.1) is 18.8 Å². The van der Waals surface area contributed by atoms with Gasteiger partial charge in [-0.1, -0.05) is 11.6 Å². The first-order valence-electron chi connectivity index (χ1n) is 8.66. The summed E-state index contributed by atoms with van der Waals surface area (Å²) in [7, 11) is 0. The highest BCUT2D eigenvalue weighted by Gasteiger charge is 2.45. The molecular formula is C18H27NO7. The van der Waals surface area contributed by atoms with Crippen molar-refractivity contribution in [2.24, 2.45) is 0 Å². The quantitative estimate of drug-likeness (QED) is 0.313. The van der Waals surface area contributed by atoms with Crippen LogP contribution in [-0.2, 0) is 19.1 Å². The van der Waals surface area contributed by atoms with Gasteiger partial charge in [0.1, 0.15) is 12.7 Å². The molecule has 8 nitrogen and oxygen atoms in total. The Morgan fingerprint density at radius 1 is 1.46 bits per heavy atom. The van der Waals surface area contributed by atoms with E-state index in [1.165, 1.54) is 13.0 Å². The molecule has 0 unspecified atom stereocenters. The molecule has 0 aromatic carbocycles. The van der Waals surface area contributed by atoms with E-state index in [9.17, 15) is 24.9 Å². The molecule has 146 valence electrons. The van der Waals surface area contributed by atoms with Gasteiger partial charge in [0.2, 0.25) is 5.60 Å². The zero-order chi connectivity index (χ0) is 19.5. The Morgan fingerprint density at radius 2 is 2.15 bits per heavy atom. The number of aliphatic hydroxyl groups excluding tert-OH is 2. The van der Waals surface area contributed by atoms with E-state index in [0.717, 1.165) is 17.7 Å². The summed E-state index contributed by atoms with van der Waals surface area (Å²) in [6.45, 7) is 5.20. The Balaban J connectivity index is 1.99. The molecule has 2 heterocycles. The van der Waals surface area contributed by atoms with Gasteiger partial charge in [0.25, 0.3) is 0 Å². The summed E-state index contributed by atoms with van der Waals surface area (Å²) in [5.74, 6) is -1.49. The number of ether oxygens (including phenoxy) is 2. The lowest BCUT2D eigenvalue weighted by atomic mass is 9.99. The summed E-state index contributed by atoms with van der Waals surface area (Å²) in [6, 6.07) is -0.175. The second-order valence-electron chi connectivity index (χ2n) is 7.04. The molecule has 8 heteroatoms. The van der Waals surface area contributed by atoms with Crippen LogP contribution in [0.25, 0.3) is 0 Å². The number of fused-ring (bicyclic) bond motifs is 1. The monoisotopic (exact) mass is 369 g/mol. The predicted molar refractivity (Wildman–Crippen MR) is 92.0 cm³/mol. The number of carbonyl (C=O) groups excluding carboxylic acids is 2. The van der Waals surface area contributed by atoms with Crippen LogP contribution in [0.15, 0.2) is 23.3 Å². The minimum Gasteiger partial charge on any atom is -0.459 e. The maximum Gasteiger partial charge on any atom is 0.343 e. The zero-order valence-corrected chi connectivity index (χ0v) is 15.3. The average molecular weight is 369 g/mol. The van der Waals surface area contributed by atoms with E-state index in [2.05, 4.69) is 4.90 Å². The summed E-state index contributed by atoms with van der Waals surface area (Å²) in [5.41, 5.74) is -0.733. The predicted octanol–water partition coefficient (Wildman–Crippen LogP) is -0.474. The van der Waals surface area contributed by atoms with Gasteiger partial charge < -0.3 is 24.8 Å². The largest absolute Gasteiger partial charge is 0.459 e. The van der Waals surface area contributed by atoms with Gasteiger partial charge in [-0.3, -0.25) is 4.90 Å². The van der Waals surface area contributed by atoms with Crippen LogP contribution in [0.1, 0.15) is 27.2 Å². The van der Waals surface area contributed by atoms with Crippen LogP contribution in [0.3, 0.4) is 0 Å². The third-order valence-corrected chi connectivity index (χ3v) is 4.74. The maximum absolute atomic E-state index is 12.0. The van der Waals surface area contributed by atoms with E-state index in [1.54, 1.807) is 0 Å². The maximum atomic E-state index is 12.0. The Labute approximate surface area is 152 Å². The fraction of sp³-hybridized carbons (Fsp3) is 0.667. The van der Waals surface area contributed by atoms with Gasteiger partial charge in [0.15, 0.2) is 0 Å². The van der Waals surface area contributed by atoms with Crippen molar-refractivity contribution in [3.8, 4) is 0 Å². The number of esters is 2. The van der Waals surface area contributed by atoms with Crippen molar-refractivity contribution in [1.29, 1.82) is 0 Å². The summed E-state index contributed by atoms with van der Waals surface area (Å²) < 4.78 is 10.6. The highest BCUT2D eigenvalue weighted by Crippen LogP contribution is 2.31. The second kappa shape index (κ2) is 8.30. The number of rotatable bonds is 7. The third-order valence-electron chi connectivity index (χ3n) is 4.74. The van der Waals surface area contributed by atoms with Crippen LogP contribution in [0.4, 0.5) is 0 Å². The second-order valence-corrected chi connectivity index (χ2v) is 7.04. The van der Waals surface area contributed by atoms with Gasteiger partial charge >= 0.3 is 11.9 Å². The Kier molecular flexibility index (Phi) is 6.57. The van der Waals surface area contributed by atoms with Gasteiger partial charge in [0, 0.05) is 19.2 Å². The molecule has 1 saturated heterocycles. The molecule has 0 spiro atoms.